The molecule has 0 aliphatic heterocycles. The van der Waals surface area contributed by atoms with Gasteiger partial charge >= 0.3 is 0 Å². The second kappa shape index (κ2) is 12.7. The van der Waals surface area contributed by atoms with Gasteiger partial charge in [0.1, 0.15) is 0 Å². The number of para-hydroxylation sites is 1. The van der Waals surface area contributed by atoms with Crippen LogP contribution < -0.4 is 10.9 Å². The number of rotatable bonds is 11. The molecule has 2 aromatic rings. The van der Waals surface area contributed by atoms with Crippen LogP contribution >= 0.6 is 0 Å². The summed E-state index contributed by atoms with van der Waals surface area (Å²) in [7, 11) is 5.20. The molecule has 0 amide bonds. The molecule has 0 saturated heterocycles. The monoisotopic (exact) mass is 420 g/mol. The van der Waals surface area contributed by atoms with Gasteiger partial charge in [0.25, 0.3) is 5.56 Å². The van der Waals surface area contributed by atoms with E-state index in [1.807, 2.05) is 39.0 Å². The number of methoxy groups -OCH3 is 2. The molecule has 0 unspecified atom stereocenters. The van der Waals surface area contributed by atoms with Gasteiger partial charge in [-0.2, -0.15) is 0 Å². The lowest BCUT2D eigenvalue weighted by atomic mass is 10.0. The van der Waals surface area contributed by atoms with Crippen LogP contribution in [0.2, 0.25) is 0 Å². The lowest BCUT2D eigenvalue weighted by Gasteiger charge is -2.31. The normalized spacial score (nSPS) is 11.5. The predicted molar refractivity (Wildman–Crippen MR) is 126 cm³/mol. The van der Waals surface area contributed by atoms with Gasteiger partial charge in [-0.25, -0.2) is 4.98 Å². The molecule has 0 bridgehead atoms. The van der Waals surface area contributed by atoms with Crippen LogP contribution in [-0.4, -0.2) is 67.1 Å². The molecule has 1 aromatic heterocycles. The van der Waals surface area contributed by atoms with Crippen LogP contribution in [0.15, 0.2) is 23.0 Å². The maximum atomic E-state index is 12.7. The number of hydrogen-bond donors (Lipinski definition) is 1. The van der Waals surface area contributed by atoms with Crippen molar-refractivity contribution in [1.82, 2.24) is 14.5 Å². The first-order chi connectivity index (χ1) is 14.3. The van der Waals surface area contributed by atoms with Gasteiger partial charge in [0, 0.05) is 46.4 Å². The zero-order valence-electron chi connectivity index (χ0n) is 20.0. The molecule has 1 aromatic carbocycles. The molecule has 0 saturated carbocycles. The van der Waals surface area contributed by atoms with Crippen LogP contribution in [0.4, 0.5) is 5.95 Å². The fraction of sp³-hybridized carbons (Fsp3) is 0.652. The van der Waals surface area contributed by atoms with Crippen molar-refractivity contribution in [3.05, 3.63) is 34.1 Å². The van der Waals surface area contributed by atoms with Crippen LogP contribution in [0, 0.1) is 6.92 Å². The summed E-state index contributed by atoms with van der Waals surface area (Å²) in [6.45, 7) is 14.2. The SMILES string of the molecule is CC.COCCN(CCOC)CCC(C)(C)Nc1nc2c(C)cccc2c(=O)n1C. The van der Waals surface area contributed by atoms with E-state index in [1.165, 1.54) is 0 Å². The zero-order chi connectivity index (χ0) is 22.7. The zero-order valence-corrected chi connectivity index (χ0v) is 20.0. The first-order valence-electron chi connectivity index (χ1n) is 10.7. The summed E-state index contributed by atoms with van der Waals surface area (Å²) in [5, 5.41) is 4.13. The summed E-state index contributed by atoms with van der Waals surface area (Å²) in [6.07, 6.45) is 0.891. The molecule has 0 aliphatic rings. The largest absolute Gasteiger partial charge is 0.383 e. The molecule has 0 fully saturated rings. The topological polar surface area (TPSA) is 68.6 Å². The standard InChI is InChI=1S/C21H34N4O3.C2H6/c1-16-8-7-9-17-18(16)22-20(24(4)19(17)26)23-21(2,3)10-11-25(12-14-27-5)13-15-28-6;1-2/h7-9H,10-15H2,1-6H3,(H,22,23);1-2H3. The van der Waals surface area contributed by atoms with Crippen molar-refractivity contribution in [2.24, 2.45) is 7.05 Å². The van der Waals surface area contributed by atoms with E-state index in [-0.39, 0.29) is 11.1 Å². The van der Waals surface area contributed by atoms with Gasteiger partial charge in [-0.3, -0.25) is 14.3 Å². The summed E-state index contributed by atoms with van der Waals surface area (Å²) >= 11 is 0. The number of fused-ring (bicyclic) bond motifs is 1. The van der Waals surface area contributed by atoms with Gasteiger partial charge in [-0.1, -0.05) is 26.0 Å². The highest BCUT2D eigenvalue weighted by Crippen LogP contribution is 2.19. The lowest BCUT2D eigenvalue weighted by molar-refractivity contribution is 0.110. The second-order valence-corrected chi connectivity index (χ2v) is 7.86. The van der Waals surface area contributed by atoms with E-state index < -0.39 is 0 Å². The molecule has 1 heterocycles. The van der Waals surface area contributed by atoms with Crippen LogP contribution in [-0.2, 0) is 16.5 Å². The smallest absolute Gasteiger partial charge is 0.262 e. The third-order valence-electron chi connectivity index (χ3n) is 5.03. The number of benzene rings is 1. The molecular weight excluding hydrogens is 380 g/mol. The van der Waals surface area contributed by atoms with Crippen LogP contribution in [0.3, 0.4) is 0 Å². The van der Waals surface area contributed by atoms with Crippen molar-refractivity contribution in [3.63, 3.8) is 0 Å². The van der Waals surface area contributed by atoms with E-state index in [1.54, 1.807) is 25.8 Å². The molecule has 30 heavy (non-hydrogen) atoms. The summed E-state index contributed by atoms with van der Waals surface area (Å²) in [5.74, 6) is 0.595. The van der Waals surface area contributed by atoms with Crippen molar-refractivity contribution < 1.29 is 9.47 Å². The Hall–Kier alpha value is -1.96. The third-order valence-corrected chi connectivity index (χ3v) is 5.03. The summed E-state index contributed by atoms with van der Waals surface area (Å²) < 4.78 is 12.0. The minimum atomic E-state index is -0.230. The summed E-state index contributed by atoms with van der Waals surface area (Å²) in [4.78, 5) is 19.8. The quantitative estimate of drug-likeness (QED) is 0.601. The number of nitrogens with zero attached hydrogens (tertiary/aromatic N) is 3. The average molecular weight is 421 g/mol. The Kier molecular flexibility index (Phi) is 11.0. The molecule has 170 valence electrons. The van der Waals surface area contributed by atoms with Crippen molar-refractivity contribution in [3.8, 4) is 0 Å². The number of aromatic nitrogens is 2. The lowest BCUT2D eigenvalue weighted by Crippen LogP contribution is -2.40. The molecule has 0 atom stereocenters. The Balaban J connectivity index is 0.00000218. The number of aryl methyl sites for hydroxylation is 1. The van der Waals surface area contributed by atoms with E-state index in [2.05, 4.69) is 24.1 Å². The average Bonchev–Trinajstić information content (AvgIpc) is 2.73. The van der Waals surface area contributed by atoms with E-state index in [9.17, 15) is 4.79 Å². The van der Waals surface area contributed by atoms with E-state index in [4.69, 9.17) is 14.5 Å². The summed E-state index contributed by atoms with van der Waals surface area (Å²) in [6, 6.07) is 5.70. The van der Waals surface area contributed by atoms with Crippen molar-refractivity contribution in [2.45, 2.75) is 46.6 Å². The van der Waals surface area contributed by atoms with Crippen molar-refractivity contribution in [1.29, 1.82) is 0 Å². The fourth-order valence-corrected chi connectivity index (χ4v) is 3.13. The van der Waals surface area contributed by atoms with Gasteiger partial charge < -0.3 is 14.8 Å². The Labute approximate surface area is 181 Å². The Morgan fingerprint density at radius 1 is 1.10 bits per heavy atom. The molecule has 7 heteroatoms. The Bertz CT molecular complexity index is 825. The first-order valence-corrected chi connectivity index (χ1v) is 10.7. The predicted octanol–water partition coefficient (Wildman–Crippen LogP) is 3.44. The number of ether oxygens (including phenoxy) is 2. The van der Waals surface area contributed by atoms with E-state index >= 15 is 0 Å². The number of nitrogens with one attached hydrogen (secondary N) is 1. The fourth-order valence-electron chi connectivity index (χ4n) is 3.13. The highest BCUT2D eigenvalue weighted by atomic mass is 16.5. The van der Waals surface area contributed by atoms with Crippen LogP contribution in [0.1, 0.15) is 39.7 Å². The van der Waals surface area contributed by atoms with Crippen LogP contribution in [0.25, 0.3) is 10.9 Å². The number of anilines is 1. The second-order valence-electron chi connectivity index (χ2n) is 7.86. The molecule has 0 spiro atoms. The van der Waals surface area contributed by atoms with Gasteiger partial charge in [-0.15, -0.1) is 0 Å². The molecule has 7 nitrogen and oxygen atoms in total. The molecule has 1 N–H and O–H groups in total. The highest BCUT2D eigenvalue weighted by molar-refractivity contribution is 5.81. The number of hydrogen-bond acceptors (Lipinski definition) is 6. The maximum absolute atomic E-state index is 12.7. The third kappa shape index (κ3) is 7.38. The van der Waals surface area contributed by atoms with Gasteiger partial charge in [-0.05, 0) is 38.8 Å². The van der Waals surface area contributed by atoms with Crippen molar-refractivity contribution >= 4 is 16.9 Å². The molecule has 2 rings (SSSR count). The van der Waals surface area contributed by atoms with E-state index in [0.29, 0.717) is 24.5 Å². The van der Waals surface area contributed by atoms with Gasteiger partial charge in [0.15, 0.2) is 0 Å². The minimum absolute atomic E-state index is 0.0335. The van der Waals surface area contributed by atoms with Gasteiger partial charge in [0.05, 0.1) is 24.1 Å². The van der Waals surface area contributed by atoms with Crippen molar-refractivity contribution in [2.75, 3.05) is 52.4 Å². The molecule has 0 aliphatic carbocycles. The van der Waals surface area contributed by atoms with Gasteiger partial charge in [0.2, 0.25) is 5.95 Å². The Morgan fingerprint density at radius 3 is 2.27 bits per heavy atom. The maximum Gasteiger partial charge on any atom is 0.262 e. The Morgan fingerprint density at radius 2 is 1.70 bits per heavy atom. The summed E-state index contributed by atoms with van der Waals surface area (Å²) in [5.41, 5.74) is 1.49. The molecular formula is C23H40N4O3. The highest BCUT2D eigenvalue weighted by Gasteiger charge is 2.22. The first kappa shape index (κ1) is 26.1. The molecule has 0 radical (unpaired) electrons. The van der Waals surface area contributed by atoms with E-state index in [0.717, 1.165) is 37.1 Å². The minimum Gasteiger partial charge on any atom is -0.383 e. The van der Waals surface area contributed by atoms with Crippen LogP contribution in [0.5, 0.6) is 0 Å².